The van der Waals surface area contributed by atoms with Crippen molar-refractivity contribution in [3.05, 3.63) is 65.7 Å². The Morgan fingerprint density at radius 3 is 2.39 bits per heavy atom. The number of hydrogen-bond donors (Lipinski definition) is 1. The highest BCUT2D eigenvalue weighted by atomic mass is 16.5. The lowest BCUT2D eigenvalue weighted by Crippen LogP contribution is -1.99. The zero-order valence-corrected chi connectivity index (χ0v) is 10.4. The molecule has 0 heterocycles. The minimum absolute atomic E-state index is 0.215. The second-order valence-electron chi connectivity index (χ2n) is 4.21. The van der Waals surface area contributed by atoms with Gasteiger partial charge in [0.1, 0.15) is 12.4 Å². The van der Waals surface area contributed by atoms with Crippen LogP contribution in [0.4, 0.5) is 0 Å². The maximum Gasteiger partial charge on any atom is 0.122 e. The molecule has 0 aliphatic heterocycles. The molecule has 0 aliphatic carbocycles. The average molecular weight is 242 g/mol. The summed E-state index contributed by atoms with van der Waals surface area (Å²) in [5.41, 5.74) is 2.32. The van der Waals surface area contributed by atoms with Gasteiger partial charge in [0.2, 0.25) is 0 Å². The van der Waals surface area contributed by atoms with Crippen molar-refractivity contribution in [1.29, 1.82) is 0 Å². The van der Waals surface area contributed by atoms with Crippen LogP contribution in [-0.2, 0) is 13.0 Å². The van der Waals surface area contributed by atoms with Crippen LogP contribution in [-0.4, -0.2) is 11.7 Å². The SMILES string of the molecule is OCCCc1ccccc1OCc1ccccc1. The van der Waals surface area contributed by atoms with Crippen LogP contribution in [0.5, 0.6) is 5.75 Å². The molecule has 0 bridgehead atoms. The smallest absolute Gasteiger partial charge is 0.122 e. The molecule has 2 aromatic carbocycles. The zero-order valence-electron chi connectivity index (χ0n) is 10.4. The van der Waals surface area contributed by atoms with Crippen molar-refractivity contribution in [1.82, 2.24) is 0 Å². The molecule has 1 N–H and O–H groups in total. The quantitative estimate of drug-likeness (QED) is 0.843. The van der Waals surface area contributed by atoms with Crippen molar-refractivity contribution in [2.75, 3.05) is 6.61 Å². The summed E-state index contributed by atoms with van der Waals surface area (Å²) >= 11 is 0. The minimum atomic E-state index is 0.215. The van der Waals surface area contributed by atoms with E-state index >= 15 is 0 Å². The monoisotopic (exact) mass is 242 g/mol. The van der Waals surface area contributed by atoms with Crippen molar-refractivity contribution >= 4 is 0 Å². The number of ether oxygens (including phenoxy) is 1. The van der Waals surface area contributed by atoms with E-state index in [9.17, 15) is 0 Å². The maximum atomic E-state index is 8.89. The Bertz CT molecular complexity index is 466. The maximum absolute atomic E-state index is 8.89. The molecule has 18 heavy (non-hydrogen) atoms. The van der Waals surface area contributed by atoms with Crippen molar-refractivity contribution < 1.29 is 9.84 Å². The molecule has 0 fully saturated rings. The van der Waals surface area contributed by atoms with E-state index < -0.39 is 0 Å². The fourth-order valence-corrected chi connectivity index (χ4v) is 1.86. The third-order valence-corrected chi connectivity index (χ3v) is 2.81. The number of aliphatic hydroxyl groups excluding tert-OH is 1. The van der Waals surface area contributed by atoms with E-state index in [-0.39, 0.29) is 6.61 Å². The van der Waals surface area contributed by atoms with Gasteiger partial charge in [0.05, 0.1) is 0 Å². The van der Waals surface area contributed by atoms with E-state index in [1.165, 1.54) is 0 Å². The standard InChI is InChI=1S/C16H18O2/c17-12-6-10-15-9-4-5-11-16(15)18-13-14-7-2-1-3-8-14/h1-5,7-9,11,17H,6,10,12-13H2. The molecule has 0 saturated carbocycles. The summed E-state index contributed by atoms with van der Waals surface area (Å²) in [7, 11) is 0. The number of aliphatic hydroxyl groups is 1. The molecule has 94 valence electrons. The average Bonchev–Trinajstić information content (AvgIpc) is 2.45. The summed E-state index contributed by atoms with van der Waals surface area (Å²) in [5.74, 6) is 0.912. The van der Waals surface area contributed by atoms with Crippen LogP contribution in [0.1, 0.15) is 17.5 Å². The van der Waals surface area contributed by atoms with Crippen molar-refractivity contribution in [2.24, 2.45) is 0 Å². The second kappa shape index (κ2) is 6.82. The van der Waals surface area contributed by atoms with Crippen molar-refractivity contribution in [2.45, 2.75) is 19.4 Å². The van der Waals surface area contributed by atoms with E-state index in [0.717, 1.165) is 29.7 Å². The fraction of sp³-hybridized carbons (Fsp3) is 0.250. The Labute approximate surface area is 108 Å². The lowest BCUT2D eigenvalue weighted by atomic mass is 10.1. The normalized spacial score (nSPS) is 10.3. The Hall–Kier alpha value is -1.80. The molecule has 2 rings (SSSR count). The summed E-state index contributed by atoms with van der Waals surface area (Å²) in [6.45, 7) is 0.796. The van der Waals surface area contributed by atoms with Crippen LogP contribution in [0, 0.1) is 0 Å². The molecular weight excluding hydrogens is 224 g/mol. The molecule has 0 spiro atoms. The first-order valence-corrected chi connectivity index (χ1v) is 6.25. The van der Waals surface area contributed by atoms with E-state index in [4.69, 9.17) is 9.84 Å². The molecule has 0 aliphatic rings. The first kappa shape index (κ1) is 12.7. The Morgan fingerprint density at radius 2 is 1.61 bits per heavy atom. The van der Waals surface area contributed by atoms with E-state index in [0.29, 0.717) is 6.61 Å². The molecule has 0 saturated heterocycles. The number of rotatable bonds is 6. The molecular formula is C16H18O2. The predicted molar refractivity (Wildman–Crippen MR) is 72.6 cm³/mol. The van der Waals surface area contributed by atoms with Crippen molar-refractivity contribution in [3.63, 3.8) is 0 Å². The van der Waals surface area contributed by atoms with Crippen LogP contribution in [0.3, 0.4) is 0 Å². The van der Waals surface area contributed by atoms with Crippen molar-refractivity contribution in [3.8, 4) is 5.75 Å². The van der Waals surface area contributed by atoms with Gasteiger partial charge < -0.3 is 9.84 Å². The Balaban J connectivity index is 2.00. The highest BCUT2D eigenvalue weighted by molar-refractivity contribution is 5.33. The lowest BCUT2D eigenvalue weighted by molar-refractivity contribution is 0.283. The third-order valence-electron chi connectivity index (χ3n) is 2.81. The highest BCUT2D eigenvalue weighted by Gasteiger charge is 2.02. The van der Waals surface area contributed by atoms with E-state index in [1.807, 2.05) is 36.4 Å². The molecule has 2 heteroatoms. The van der Waals surface area contributed by atoms with Gasteiger partial charge in [-0.2, -0.15) is 0 Å². The number of hydrogen-bond acceptors (Lipinski definition) is 2. The van der Waals surface area contributed by atoms with E-state index in [2.05, 4.69) is 18.2 Å². The Kier molecular flexibility index (Phi) is 4.79. The topological polar surface area (TPSA) is 29.5 Å². The van der Waals surface area contributed by atoms with Crippen LogP contribution < -0.4 is 4.74 Å². The molecule has 0 radical (unpaired) electrons. The van der Waals surface area contributed by atoms with Crippen LogP contribution in [0.2, 0.25) is 0 Å². The molecule has 0 atom stereocenters. The van der Waals surface area contributed by atoms with Gasteiger partial charge in [-0.1, -0.05) is 48.5 Å². The zero-order chi connectivity index (χ0) is 12.6. The van der Waals surface area contributed by atoms with Gasteiger partial charge >= 0.3 is 0 Å². The van der Waals surface area contributed by atoms with Gasteiger partial charge in [0, 0.05) is 6.61 Å². The van der Waals surface area contributed by atoms with Gasteiger partial charge in [0.25, 0.3) is 0 Å². The molecule has 2 nitrogen and oxygen atoms in total. The molecule has 0 unspecified atom stereocenters. The number of para-hydroxylation sites is 1. The highest BCUT2D eigenvalue weighted by Crippen LogP contribution is 2.20. The largest absolute Gasteiger partial charge is 0.489 e. The third kappa shape index (κ3) is 3.60. The number of aryl methyl sites for hydroxylation is 1. The van der Waals surface area contributed by atoms with Crippen LogP contribution >= 0.6 is 0 Å². The molecule has 0 aromatic heterocycles. The van der Waals surface area contributed by atoms with Gasteiger partial charge in [-0.25, -0.2) is 0 Å². The van der Waals surface area contributed by atoms with E-state index in [1.54, 1.807) is 0 Å². The minimum Gasteiger partial charge on any atom is -0.489 e. The summed E-state index contributed by atoms with van der Waals surface area (Å²) < 4.78 is 5.84. The summed E-state index contributed by atoms with van der Waals surface area (Å²) in [5, 5.41) is 8.89. The van der Waals surface area contributed by atoms with Gasteiger partial charge in [0.15, 0.2) is 0 Å². The first-order chi connectivity index (χ1) is 8.90. The number of benzene rings is 2. The molecule has 2 aromatic rings. The lowest BCUT2D eigenvalue weighted by Gasteiger charge is -2.11. The van der Waals surface area contributed by atoms with Gasteiger partial charge in [-0.3, -0.25) is 0 Å². The summed E-state index contributed by atoms with van der Waals surface area (Å²) in [4.78, 5) is 0. The van der Waals surface area contributed by atoms with Crippen LogP contribution in [0.15, 0.2) is 54.6 Å². The summed E-state index contributed by atoms with van der Waals surface area (Å²) in [6, 6.07) is 18.1. The van der Waals surface area contributed by atoms with Gasteiger partial charge in [-0.05, 0) is 30.0 Å². The summed E-state index contributed by atoms with van der Waals surface area (Å²) in [6.07, 6.45) is 1.62. The van der Waals surface area contributed by atoms with Gasteiger partial charge in [-0.15, -0.1) is 0 Å². The molecule has 0 amide bonds. The second-order valence-corrected chi connectivity index (χ2v) is 4.21. The van der Waals surface area contributed by atoms with Crippen LogP contribution in [0.25, 0.3) is 0 Å². The predicted octanol–water partition coefficient (Wildman–Crippen LogP) is 3.19. The Morgan fingerprint density at radius 1 is 0.889 bits per heavy atom. The fourth-order valence-electron chi connectivity index (χ4n) is 1.86. The first-order valence-electron chi connectivity index (χ1n) is 6.25.